The quantitative estimate of drug-likeness (QED) is 0.437. The fourth-order valence-electron chi connectivity index (χ4n) is 0.788. The van der Waals surface area contributed by atoms with Crippen LogP contribution in [0.5, 0.6) is 0 Å². The second kappa shape index (κ2) is 4.97. The number of benzene rings is 1. The fourth-order valence-corrected chi connectivity index (χ4v) is 1.26. The molecule has 0 atom stereocenters. The summed E-state index contributed by atoms with van der Waals surface area (Å²) >= 11 is 0. The summed E-state index contributed by atoms with van der Waals surface area (Å²) in [5, 5.41) is 2.81. The largest absolute Gasteiger partial charge is 1.00 e. The Kier molecular flexibility index (Phi) is 4.95. The predicted octanol–water partition coefficient (Wildman–Crippen LogP) is -2.36. The Balaban J connectivity index is 0.00000144. The molecule has 4 nitrogen and oxygen atoms in total. The van der Waals surface area contributed by atoms with Crippen molar-refractivity contribution < 1.29 is 42.5 Å². The van der Waals surface area contributed by atoms with E-state index < -0.39 is 10.1 Å². The summed E-state index contributed by atoms with van der Waals surface area (Å²) in [6.07, 6.45) is 0. The first-order chi connectivity index (χ1) is 5.54. The van der Waals surface area contributed by atoms with Gasteiger partial charge < -0.3 is 9.87 Å². The van der Waals surface area contributed by atoms with Gasteiger partial charge in [-0.15, -0.1) is 0 Å². The van der Waals surface area contributed by atoms with Gasteiger partial charge in [0.1, 0.15) is 10.1 Å². The fraction of sp³-hybridized carbons (Fsp3) is 0.143. The smallest absolute Gasteiger partial charge is 0.744 e. The van der Waals surface area contributed by atoms with E-state index in [9.17, 15) is 13.0 Å². The van der Waals surface area contributed by atoms with Crippen LogP contribution in [0.4, 0.5) is 5.69 Å². The molecule has 1 rings (SSSR count). The summed E-state index contributed by atoms with van der Waals surface area (Å²) in [6.45, 7) is 0. The molecule has 0 spiro atoms. The van der Waals surface area contributed by atoms with Gasteiger partial charge in [0.05, 0.1) is 4.90 Å². The van der Waals surface area contributed by atoms with Crippen molar-refractivity contribution in [2.45, 2.75) is 4.90 Å². The van der Waals surface area contributed by atoms with Gasteiger partial charge in [0, 0.05) is 12.7 Å². The third-order valence-corrected chi connectivity index (χ3v) is 2.28. The molecule has 0 aliphatic rings. The maximum absolute atomic E-state index is 10.5. The zero-order valence-electron chi connectivity index (χ0n) is 7.44. The van der Waals surface area contributed by atoms with E-state index in [4.69, 9.17) is 0 Å². The van der Waals surface area contributed by atoms with Gasteiger partial charge in [-0.1, -0.05) is 0 Å². The zero-order chi connectivity index (χ0) is 9.19. The van der Waals surface area contributed by atoms with E-state index in [1.165, 1.54) is 24.3 Å². The van der Waals surface area contributed by atoms with Crippen molar-refractivity contribution in [3.8, 4) is 0 Å². The van der Waals surface area contributed by atoms with E-state index in [1.807, 2.05) is 0 Å². The van der Waals surface area contributed by atoms with Crippen LogP contribution in [0.25, 0.3) is 0 Å². The van der Waals surface area contributed by atoms with Crippen LogP contribution in [0.2, 0.25) is 0 Å². The molecule has 0 aliphatic carbocycles. The summed E-state index contributed by atoms with van der Waals surface area (Å²) < 4.78 is 31.4. The molecule has 0 aliphatic heterocycles. The predicted molar refractivity (Wildman–Crippen MR) is 44.0 cm³/mol. The van der Waals surface area contributed by atoms with Gasteiger partial charge >= 0.3 is 29.6 Å². The third-order valence-electron chi connectivity index (χ3n) is 1.43. The molecule has 0 aromatic heterocycles. The van der Waals surface area contributed by atoms with Gasteiger partial charge in [-0.2, -0.15) is 0 Å². The maximum Gasteiger partial charge on any atom is 1.00 e. The summed E-state index contributed by atoms with van der Waals surface area (Å²) in [6, 6.07) is 5.61. The Morgan fingerprint density at radius 1 is 1.23 bits per heavy atom. The first-order valence-corrected chi connectivity index (χ1v) is 4.68. The SMILES string of the molecule is CNc1ccc(S(=O)(=O)[O-])cc1.[Na+]. The van der Waals surface area contributed by atoms with E-state index in [0.717, 1.165) is 5.69 Å². The normalized spacial score (nSPS) is 10.3. The average Bonchev–Trinajstić information content (AvgIpc) is 2.03. The summed E-state index contributed by atoms with van der Waals surface area (Å²) in [4.78, 5) is -0.207. The number of rotatable bonds is 2. The minimum Gasteiger partial charge on any atom is -0.744 e. The van der Waals surface area contributed by atoms with Gasteiger partial charge in [0.15, 0.2) is 0 Å². The van der Waals surface area contributed by atoms with Crippen LogP contribution in [-0.4, -0.2) is 20.0 Å². The van der Waals surface area contributed by atoms with E-state index in [0.29, 0.717) is 0 Å². The Morgan fingerprint density at radius 3 is 2.00 bits per heavy atom. The van der Waals surface area contributed by atoms with Gasteiger partial charge in [-0.05, 0) is 24.3 Å². The van der Waals surface area contributed by atoms with Crippen molar-refractivity contribution in [1.82, 2.24) is 0 Å². The second-order valence-electron chi connectivity index (χ2n) is 2.23. The van der Waals surface area contributed by atoms with Gasteiger partial charge in [-0.3, -0.25) is 0 Å². The molecule has 0 amide bonds. The van der Waals surface area contributed by atoms with Crippen molar-refractivity contribution >= 4 is 15.8 Å². The molecule has 0 radical (unpaired) electrons. The van der Waals surface area contributed by atoms with Crippen LogP contribution in [0, 0.1) is 0 Å². The first-order valence-electron chi connectivity index (χ1n) is 3.28. The Hall–Kier alpha value is -0.0700. The minimum absolute atomic E-state index is 0. The van der Waals surface area contributed by atoms with Crippen molar-refractivity contribution in [3.63, 3.8) is 0 Å². The molecule has 1 aromatic rings. The molecule has 0 bridgehead atoms. The Labute approximate surface area is 99.4 Å². The van der Waals surface area contributed by atoms with Crippen LogP contribution < -0.4 is 34.9 Å². The van der Waals surface area contributed by atoms with Crippen molar-refractivity contribution in [3.05, 3.63) is 24.3 Å². The molecule has 0 heterocycles. The minimum atomic E-state index is -4.31. The molecule has 6 heteroatoms. The van der Waals surface area contributed by atoms with Gasteiger partial charge in [0.25, 0.3) is 0 Å². The molecule has 0 unspecified atom stereocenters. The van der Waals surface area contributed by atoms with Gasteiger partial charge in [0.2, 0.25) is 0 Å². The van der Waals surface area contributed by atoms with Crippen LogP contribution in [0.15, 0.2) is 29.2 Å². The molecule has 66 valence electrons. The van der Waals surface area contributed by atoms with Crippen LogP contribution in [-0.2, 0) is 10.1 Å². The summed E-state index contributed by atoms with van der Waals surface area (Å²) in [5.74, 6) is 0. The van der Waals surface area contributed by atoms with E-state index in [-0.39, 0.29) is 34.5 Å². The number of hydrogen-bond acceptors (Lipinski definition) is 4. The zero-order valence-corrected chi connectivity index (χ0v) is 10.3. The molecule has 1 N–H and O–H groups in total. The van der Waals surface area contributed by atoms with Crippen molar-refractivity contribution in [2.75, 3.05) is 12.4 Å². The van der Waals surface area contributed by atoms with Crippen molar-refractivity contribution in [1.29, 1.82) is 0 Å². The van der Waals surface area contributed by atoms with Crippen LogP contribution in [0.3, 0.4) is 0 Å². The number of hydrogen-bond donors (Lipinski definition) is 1. The Bertz CT molecular complexity index is 360. The molecular weight excluding hydrogens is 201 g/mol. The Morgan fingerprint density at radius 2 is 1.69 bits per heavy atom. The topological polar surface area (TPSA) is 69.2 Å². The molecule has 1 aromatic carbocycles. The molecule has 13 heavy (non-hydrogen) atoms. The standard InChI is InChI=1S/C7H9NO3S.Na/c1-8-6-2-4-7(5-3-6)12(9,10)11;/h2-5,8H,1H3,(H,9,10,11);/q;+1/p-1. The number of nitrogens with one attached hydrogen (secondary N) is 1. The first kappa shape index (κ1) is 12.9. The van der Waals surface area contributed by atoms with Crippen molar-refractivity contribution in [2.24, 2.45) is 0 Å². The summed E-state index contributed by atoms with van der Waals surface area (Å²) in [7, 11) is -2.60. The van der Waals surface area contributed by atoms with Gasteiger partial charge in [-0.25, -0.2) is 8.42 Å². The number of anilines is 1. The van der Waals surface area contributed by atoms with Crippen LogP contribution >= 0.6 is 0 Å². The third kappa shape index (κ3) is 3.66. The van der Waals surface area contributed by atoms with E-state index >= 15 is 0 Å². The second-order valence-corrected chi connectivity index (χ2v) is 3.61. The molecule has 0 saturated heterocycles. The van der Waals surface area contributed by atoms with E-state index in [2.05, 4.69) is 5.32 Å². The average molecular weight is 209 g/mol. The summed E-state index contributed by atoms with van der Waals surface area (Å²) in [5.41, 5.74) is 0.766. The van der Waals surface area contributed by atoms with E-state index in [1.54, 1.807) is 7.05 Å². The molecular formula is C7H8NNaO3S. The molecule has 0 saturated carbocycles. The van der Waals surface area contributed by atoms with Crippen LogP contribution in [0.1, 0.15) is 0 Å². The maximum atomic E-state index is 10.5. The monoisotopic (exact) mass is 209 g/mol. The molecule has 0 fully saturated rings.